The standard InChI is InChI=1S/C16H15FN2O/c17-13-5-3-4-10-8-11(9-12(10)13)16(20)19-15-7-2-1-6-14(15)18/h1-7,11H,8-9,18H2,(H,19,20). The first-order chi connectivity index (χ1) is 9.65. The summed E-state index contributed by atoms with van der Waals surface area (Å²) in [6.07, 6.45) is 1.02. The normalized spacial score (nSPS) is 16.8. The van der Waals surface area contributed by atoms with Crippen molar-refractivity contribution in [2.24, 2.45) is 5.92 Å². The van der Waals surface area contributed by atoms with Crippen molar-refractivity contribution in [3.05, 3.63) is 59.4 Å². The number of nitrogens with one attached hydrogen (secondary N) is 1. The Bertz CT molecular complexity index is 669. The molecule has 0 bridgehead atoms. The van der Waals surface area contributed by atoms with Gasteiger partial charge in [-0.25, -0.2) is 4.39 Å². The minimum Gasteiger partial charge on any atom is -0.397 e. The van der Waals surface area contributed by atoms with Gasteiger partial charge in [0.15, 0.2) is 0 Å². The van der Waals surface area contributed by atoms with Gasteiger partial charge in [-0.2, -0.15) is 0 Å². The number of hydrogen-bond donors (Lipinski definition) is 2. The predicted molar refractivity (Wildman–Crippen MR) is 76.8 cm³/mol. The topological polar surface area (TPSA) is 55.1 Å². The number of benzene rings is 2. The molecule has 0 saturated heterocycles. The number of nitrogens with two attached hydrogens (primary N) is 1. The summed E-state index contributed by atoms with van der Waals surface area (Å²) < 4.78 is 13.7. The van der Waals surface area contributed by atoms with Crippen LogP contribution in [0.4, 0.5) is 15.8 Å². The van der Waals surface area contributed by atoms with E-state index in [1.807, 2.05) is 18.2 Å². The molecule has 1 aliphatic rings. The highest BCUT2D eigenvalue weighted by atomic mass is 19.1. The number of amides is 1. The maximum atomic E-state index is 13.7. The second-order valence-electron chi connectivity index (χ2n) is 5.06. The van der Waals surface area contributed by atoms with Gasteiger partial charge in [0.25, 0.3) is 0 Å². The Labute approximate surface area is 116 Å². The molecule has 20 heavy (non-hydrogen) atoms. The second kappa shape index (κ2) is 4.96. The first kappa shape index (κ1) is 12.7. The van der Waals surface area contributed by atoms with Crippen LogP contribution < -0.4 is 11.1 Å². The first-order valence-corrected chi connectivity index (χ1v) is 6.57. The molecule has 1 aliphatic carbocycles. The fraction of sp³-hybridized carbons (Fsp3) is 0.188. The molecule has 0 spiro atoms. The zero-order valence-electron chi connectivity index (χ0n) is 10.9. The minimum atomic E-state index is -0.235. The van der Waals surface area contributed by atoms with Crippen LogP contribution in [0, 0.1) is 11.7 Å². The number of rotatable bonds is 2. The molecule has 0 aliphatic heterocycles. The van der Waals surface area contributed by atoms with E-state index in [2.05, 4.69) is 5.32 Å². The Morgan fingerprint density at radius 3 is 2.70 bits per heavy atom. The van der Waals surface area contributed by atoms with Crippen molar-refractivity contribution < 1.29 is 9.18 Å². The smallest absolute Gasteiger partial charge is 0.228 e. The van der Waals surface area contributed by atoms with Crippen LogP contribution in [0.25, 0.3) is 0 Å². The van der Waals surface area contributed by atoms with Gasteiger partial charge < -0.3 is 11.1 Å². The van der Waals surface area contributed by atoms with Gasteiger partial charge in [-0.3, -0.25) is 4.79 Å². The highest BCUT2D eigenvalue weighted by molar-refractivity contribution is 5.96. The highest BCUT2D eigenvalue weighted by Gasteiger charge is 2.29. The maximum absolute atomic E-state index is 13.7. The molecule has 3 nitrogen and oxygen atoms in total. The first-order valence-electron chi connectivity index (χ1n) is 6.57. The molecular weight excluding hydrogens is 255 g/mol. The summed E-state index contributed by atoms with van der Waals surface area (Å²) in [5.41, 5.74) is 8.52. The zero-order valence-corrected chi connectivity index (χ0v) is 10.9. The molecule has 0 saturated carbocycles. The van der Waals surface area contributed by atoms with Gasteiger partial charge in [-0.05, 0) is 42.2 Å². The van der Waals surface area contributed by atoms with Gasteiger partial charge in [0, 0.05) is 5.92 Å². The second-order valence-corrected chi connectivity index (χ2v) is 5.06. The van der Waals surface area contributed by atoms with Crippen LogP contribution in [0.5, 0.6) is 0 Å². The van der Waals surface area contributed by atoms with Crippen LogP contribution in [0.3, 0.4) is 0 Å². The molecule has 4 heteroatoms. The fourth-order valence-electron chi connectivity index (χ4n) is 2.64. The summed E-state index contributed by atoms with van der Waals surface area (Å²) in [5, 5.41) is 2.82. The van der Waals surface area contributed by atoms with Crippen molar-refractivity contribution in [3.8, 4) is 0 Å². The summed E-state index contributed by atoms with van der Waals surface area (Å²) in [7, 11) is 0. The minimum absolute atomic E-state index is 0.112. The van der Waals surface area contributed by atoms with E-state index in [-0.39, 0.29) is 17.6 Å². The molecule has 2 aromatic rings. The molecule has 1 atom stereocenters. The lowest BCUT2D eigenvalue weighted by Crippen LogP contribution is -2.23. The lowest BCUT2D eigenvalue weighted by molar-refractivity contribution is -0.119. The number of fused-ring (bicyclic) bond motifs is 1. The maximum Gasteiger partial charge on any atom is 0.228 e. The molecule has 0 heterocycles. The number of para-hydroxylation sites is 2. The van der Waals surface area contributed by atoms with Gasteiger partial charge >= 0.3 is 0 Å². The predicted octanol–water partition coefficient (Wildman–Crippen LogP) is 2.76. The number of hydrogen-bond acceptors (Lipinski definition) is 2. The number of anilines is 2. The van der Waals surface area contributed by atoms with E-state index in [4.69, 9.17) is 5.73 Å². The van der Waals surface area contributed by atoms with E-state index in [0.29, 0.717) is 29.8 Å². The van der Waals surface area contributed by atoms with E-state index >= 15 is 0 Å². The fourth-order valence-corrected chi connectivity index (χ4v) is 2.64. The third kappa shape index (κ3) is 2.25. The summed E-state index contributed by atoms with van der Waals surface area (Å²) in [5.74, 6) is -0.572. The van der Waals surface area contributed by atoms with Crippen LogP contribution in [0.15, 0.2) is 42.5 Å². The Kier molecular flexibility index (Phi) is 3.14. The quantitative estimate of drug-likeness (QED) is 0.824. The van der Waals surface area contributed by atoms with Crippen LogP contribution in [-0.2, 0) is 17.6 Å². The lowest BCUT2D eigenvalue weighted by atomic mass is 10.1. The molecule has 102 valence electrons. The molecule has 3 N–H and O–H groups in total. The van der Waals surface area contributed by atoms with Crippen LogP contribution in [0.2, 0.25) is 0 Å². The van der Waals surface area contributed by atoms with Crippen LogP contribution >= 0.6 is 0 Å². The molecular formula is C16H15FN2O. The van der Waals surface area contributed by atoms with Crippen molar-refractivity contribution in [2.75, 3.05) is 11.1 Å². The SMILES string of the molecule is Nc1ccccc1NC(=O)C1Cc2cccc(F)c2C1. The summed E-state index contributed by atoms with van der Waals surface area (Å²) in [6, 6.07) is 12.1. The van der Waals surface area contributed by atoms with E-state index in [0.717, 1.165) is 5.56 Å². The molecule has 2 aromatic carbocycles. The number of nitrogen functional groups attached to an aromatic ring is 1. The van der Waals surface area contributed by atoms with Crippen molar-refractivity contribution in [1.82, 2.24) is 0 Å². The van der Waals surface area contributed by atoms with Crippen molar-refractivity contribution in [3.63, 3.8) is 0 Å². The summed E-state index contributed by atoms with van der Waals surface area (Å²) in [6.45, 7) is 0. The zero-order chi connectivity index (χ0) is 14.1. The largest absolute Gasteiger partial charge is 0.397 e. The summed E-state index contributed by atoms with van der Waals surface area (Å²) in [4.78, 5) is 12.3. The van der Waals surface area contributed by atoms with Crippen molar-refractivity contribution >= 4 is 17.3 Å². The van der Waals surface area contributed by atoms with Crippen molar-refractivity contribution in [2.45, 2.75) is 12.8 Å². The van der Waals surface area contributed by atoms with E-state index < -0.39 is 0 Å². The van der Waals surface area contributed by atoms with Gasteiger partial charge in [0.1, 0.15) is 5.82 Å². The van der Waals surface area contributed by atoms with E-state index in [1.54, 1.807) is 18.2 Å². The Morgan fingerprint density at radius 1 is 1.15 bits per heavy atom. The molecule has 0 fully saturated rings. The van der Waals surface area contributed by atoms with Gasteiger partial charge in [-0.1, -0.05) is 24.3 Å². The summed E-state index contributed by atoms with van der Waals surface area (Å²) >= 11 is 0. The molecule has 1 unspecified atom stereocenters. The Morgan fingerprint density at radius 2 is 1.95 bits per heavy atom. The van der Waals surface area contributed by atoms with Crippen LogP contribution in [-0.4, -0.2) is 5.91 Å². The third-order valence-electron chi connectivity index (χ3n) is 3.72. The number of carbonyl (C=O) groups excluding carboxylic acids is 1. The van der Waals surface area contributed by atoms with E-state index in [1.165, 1.54) is 6.07 Å². The van der Waals surface area contributed by atoms with Crippen molar-refractivity contribution in [1.29, 1.82) is 0 Å². The molecule has 0 radical (unpaired) electrons. The number of carbonyl (C=O) groups is 1. The highest BCUT2D eigenvalue weighted by Crippen LogP contribution is 2.30. The van der Waals surface area contributed by atoms with Gasteiger partial charge in [0.2, 0.25) is 5.91 Å². The average Bonchev–Trinajstić information content (AvgIpc) is 2.87. The van der Waals surface area contributed by atoms with Gasteiger partial charge in [-0.15, -0.1) is 0 Å². The molecule has 3 rings (SSSR count). The molecule has 0 aromatic heterocycles. The molecule has 1 amide bonds. The Balaban J connectivity index is 1.75. The van der Waals surface area contributed by atoms with Crippen LogP contribution in [0.1, 0.15) is 11.1 Å². The average molecular weight is 270 g/mol. The van der Waals surface area contributed by atoms with Gasteiger partial charge in [0.05, 0.1) is 11.4 Å². The lowest BCUT2D eigenvalue weighted by Gasteiger charge is -2.12. The number of halogens is 1. The monoisotopic (exact) mass is 270 g/mol. The third-order valence-corrected chi connectivity index (χ3v) is 3.72. The Hall–Kier alpha value is -2.36. The van der Waals surface area contributed by atoms with E-state index in [9.17, 15) is 9.18 Å².